The Morgan fingerprint density at radius 1 is 0.815 bits per heavy atom. The second kappa shape index (κ2) is 6.61. The molecule has 1 N–H and O–H groups in total. The molecule has 130 valence electrons. The molecule has 0 saturated heterocycles. The Balaban J connectivity index is 1.80. The van der Waals surface area contributed by atoms with Crippen molar-refractivity contribution in [1.82, 2.24) is 14.5 Å². The number of hydrogen-bond acceptors (Lipinski definition) is 1. The van der Waals surface area contributed by atoms with E-state index in [1.165, 1.54) is 33.0 Å². The molecule has 5 rings (SSSR count). The van der Waals surface area contributed by atoms with Crippen LogP contribution in [0.5, 0.6) is 0 Å². The van der Waals surface area contributed by atoms with Gasteiger partial charge in [-0.15, -0.1) is 0 Å². The minimum atomic E-state index is 0.0460. The van der Waals surface area contributed by atoms with E-state index in [1.54, 1.807) is 0 Å². The minimum Gasteiger partial charge on any atom is -0.367 e. The van der Waals surface area contributed by atoms with E-state index in [1.807, 2.05) is 31.1 Å². The Morgan fingerprint density at radius 3 is 2.48 bits per heavy atom. The van der Waals surface area contributed by atoms with E-state index < -0.39 is 0 Å². The molecule has 2 aromatic heterocycles. The average molecular weight is 349 g/mol. The zero-order valence-corrected chi connectivity index (χ0v) is 14.8. The number of aromatic amines is 1. The lowest BCUT2D eigenvalue weighted by atomic mass is 9.89. The van der Waals surface area contributed by atoms with E-state index in [0.29, 0.717) is 0 Å². The summed E-state index contributed by atoms with van der Waals surface area (Å²) < 4.78 is 2.19. The molecule has 0 spiro atoms. The van der Waals surface area contributed by atoms with Crippen LogP contribution in [0.4, 0.5) is 0 Å². The zero-order chi connectivity index (χ0) is 18.1. The van der Waals surface area contributed by atoms with E-state index in [2.05, 4.69) is 87.3 Å². The first kappa shape index (κ1) is 15.6. The van der Waals surface area contributed by atoms with Gasteiger partial charge >= 0.3 is 0 Å². The van der Waals surface area contributed by atoms with Crippen molar-refractivity contribution < 1.29 is 0 Å². The average Bonchev–Trinajstić information content (AvgIpc) is 3.43. The third-order valence-electron chi connectivity index (χ3n) is 5.11. The van der Waals surface area contributed by atoms with Gasteiger partial charge in [0, 0.05) is 24.8 Å². The quantitative estimate of drug-likeness (QED) is 0.446. The van der Waals surface area contributed by atoms with E-state index >= 15 is 0 Å². The Bertz CT molecular complexity index is 1170. The lowest BCUT2D eigenvalue weighted by Gasteiger charge is -2.24. The van der Waals surface area contributed by atoms with Crippen molar-refractivity contribution in [2.24, 2.45) is 0 Å². The summed E-state index contributed by atoms with van der Waals surface area (Å²) in [5.74, 6) is 0. The highest BCUT2D eigenvalue weighted by atomic mass is 15.1. The van der Waals surface area contributed by atoms with Crippen LogP contribution in [0.3, 0.4) is 0 Å². The van der Waals surface area contributed by atoms with Crippen LogP contribution in [0.15, 0.2) is 104 Å². The van der Waals surface area contributed by atoms with E-state index in [9.17, 15) is 0 Å². The van der Waals surface area contributed by atoms with Gasteiger partial charge in [-0.3, -0.25) is 0 Å². The van der Waals surface area contributed by atoms with Crippen LogP contribution in [-0.4, -0.2) is 14.5 Å². The number of imidazole rings is 1. The van der Waals surface area contributed by atoms with Crippen LogP contribution in [0.25, 0.3) is 21.9 Å². The van der Waals surface area contributed by atoms with Gasteiger partial charge in [-0.1, -0.05) is 66.7 Å². The predicted octanol–water partition coefficient (Wildman–Crippen LogP) is 5.67. The fourth-order valence-electron chi connectivity index (χ4n) is 3.89. The van der Waals surface area contributed by atoms with Crippen LogP contribution in [0.1, 0.15) is 17.2 Å². The number of H-pyrrole nitrogens is 1. The van der Waals surface area contributed by atoms with Crippen LogP contribution >= 0.6 is 0 Å². The summed E-state index contributed by atoms with van der Waals surface area (Å²) in [6.45, 7) is 0. The molecule has 5 aromatic rings. The van der Waals surface area contributed by atoms with Gasteiger partial charge in [-0.25, -0.2) is 4.98 Å². The Labute approximate surface area is 157 Å². The van der Waals surface area contributed by atoms with Crippen LogP contribution in [0, 0.1) is 0 Å². The highest BCUT2D eigenvalue weighted by Gasteiger charge is 2.21. The van der Waals surface area contributed by atoms with E-state index in [4.69, 9.17) is 0 Å². The summed E-state index contributed by atoms with van der Waals surface area (Å²) in [5, 5.41) is 2.52. The number of rotatable bonds is 4. The normalized spacial score (nSPS) is 12.3. The Kier molecular flexibility index (Phi) is 3.83. The van der Waals surface area contributed by atoms with Crippen LogP contribution in [0.2, 0.25) is 0 Å². The topological polar surface area (TPSA) is 33.6 Å². The van der Waals surface area contributed by atoms with Gasteiger partial charge in [0.1, 0.15) is 0 Å². The maximum absolute atomic E-state index is 4.32. The molecule has 0 fully saturated rings. The molecule has 2 heterocycles. The van der Waals surface area contributed by atoms with Crippen molar-refractivity contribution in [2.75, 3.05) is 0 Å². The summed E-state index contributed by atoms with van der Waals surface area (Å²) in [6, 6.07) is 25.9. The molecule has 27 heavy (non-hydrogen) atoms. The fourth-order valence-corrected chi connectivity index (χ4v) is 3.89. The maximum atomic E-state index is 4.32. The predicted molar refractivity (Wildman–Crippen MR) is 110 cm³/mol. The molecule has 0 bridgehead atoms. The summed E-state index contributed by atoms with van der Waals surface area (Å²) in [5.41, 5.74) is 4.95. The molecular weight excluding hydrogens is 330 g/mol. The number of benzene rings is 3. The van der Waals surface area contributed by atoms with Crippen molar-refractivity contribution in [3.8, 4) is 11.1 Å². The maximum Gasteiger partial charge on any atom is 0.0954 e. The molecule has 1 unspecified atom stereocenters. The van der Waals surface area contributed by atoms with Gasteiger partial charge in [-0.2, -0.15) is 0 Å². The molecule has 0 aliphatic carbocycles. The smallest absolute Gasteiger partial charge is 0.0954 e. The van der Waals surface area contributed by atoms with Gasteiger partial charge in [0.15, 0.2) is 0 Å². The fraction of sp³-hybridized carbons (Fsp3) is 0.0417. The van der Waals surface area contributed by atoms with E-state index in [-0.39, 0.29) is 6.04 Å². The Morgan fingerprint density at radius 2 is 1.63 bits per heavy atom. The largest absolute Gasteiger partial charge is 0.367 e. The number of hydrogen-bond donors (Lipinski definition) is 1. The van der Waals surface area contributed by atoms with Gasteiger partial charge < -0.3 is 9.55 Å². The van der Waals surface area contributed by atoms with Crippen molar-refractivity contribution >= 4 is 10.8 Å². The standard InChI is InChI=1S/C24H19N3/c1-2-8-20-18(6-1)7-5-11-23(20)24(27-15-14-26-17-27)22-10-4-3-9-21(22)19-12-13-25-16-19/h1-17,24-25H. The van der Waals surface area contributed by atoms with Gasteiger partial charge in [0.2, 0.25) is 0 Å². The summed E-state index contributed by atoms with van der Waals surface area (Å²) in [7, 11) is 0. The van der Waals surface area contributed by atoms with Crippen molar-refractivity contribution in [1.29, 1.82) is 0 Å². The van der Waals surface area contributed by atoms with Crippen molar-refractivity contribution in [3.63, 3.8) is 0 Å². The third kappa shape index (κ3) is 2.74. The summed E-state index contributed by atoms with van der Waals surface area (Å²) in [4.78, 5) is 7.50. The molecule has 0 amide bonds. The molecule has 0 radical (unpaired) electrons. The van der Waals surface area contributed by atoms with Crippen LogP contribution < -0.4 is 0 Å². The molecule has 3 nitrogen and oxygen atoms in total. The lowest BCUT2D eigenvalue weighted by molar-refractivity contribution is 0.683. The van der Waals surface area contributed by atoms with Gasteiger partial charge in [0.05, 0.1) is 12.4 Å². The summed E-state index contributed by atoms with van der Waals surface area (Å²) >= 11 is 0. The first-order valence-electron chi connectivity index (χ1n) is 9.09. The molecule has 0 aliphatic rings. The van der Waals surface area contributed by atoms with Crippen molar-refractivity contribution in [2.45, 2.75) is 6.04 Å². The monoisotopic (exact) mass is 349 g/mol. The molecule has 3 heteroatoms. The number of aromatic nitrogens is 3. The lowest BCUT2D eigenvalue weighted by Crippen LogP contribution is -2.12. The van der Waals surface area contributed by atoms with Crippen LogP contribution in [-0.2, 0) is 0 Å². The Hall–Kier alpha value is -3.59. The molecule has 0 aliphatic heterocycles. The molecule has 1 atom stereocenters. The third-order valence-corrected chi connectivity index (χ3v) is 5.11. The highest BCUT2D eigenvalue weighted by molar-refractivity contribution is 5.87. The SMILES string of the molecule is c1ccc(C(c2cccc3ccccc23)n2ccnc2)c(-c2cc[nH]c2)c1. The molecule has 3 aromatic carbocycles. The first-order valence-corrected chi connectivity index (χ1v) is 9.09. The van der Waals surface area contributed by atoms with Crippen molar-refractivity contribution in [3.05, 3.63) is 115 Å². The summed E-state index contributed by atoms with van der Waals surface area (Å²) in [6.07, 6.45) is 9.81. The second-order valence-corrected chi connectivity index (χ2v) is 6.67. The van der Waals surface area contributed by atoms with Gasteiger partial charge in [0.25, 0.3) is 0 Å². The minimum absolute atomic E-state index is 0.0460. The highest BCUT2D eigenvalue weighted by Crippen LogP contribution is 2.37. The molecule has 0 saturated carbocycles. The number of nitrogens with one attached hydrogen (secondary N) is 1. The number of fused-ring (bicyclic) bond motifs is 1. The van der Waals surface area contributed by atoms with Gasteiger partial charge in [-0.05, 0) is 39.1 Å². The first-order chi connectivity index (χ1) is 13.4. The number of nitrogens with zero attached hydrogens (tertiary/aromatic N) is 2. The zero-order valence-electron chi connectivity index (χ0n) is 14.8. The molecular formula is C24H19N3. The second-order valence-electron chi connectivity index (χ2n) is 6.67. The van der Waals surface area contributed by atoms with E-state index in [0.717, 1.165) is 0 Å².